The number of ether oxygens (including phenoxy) is 1. The molecule has 0 amide bonds. The Morgan fingerprint density at radius 1 is 0.900 bits per heavy atom. The predicted octanol–water partition coefficient (Wildman–Crippen LogP) is 4.33. The van der Waals surface area contributed by atoms with E-state index >= 15 is 0 Å². The zero-order valence-electron chi connectivity index (χ0n) is 10.6. The predicted molar refractivity (Wildman–Crippen MR) is 77.4 cm³/mol. The van der Waals surface area contributed by atoms with Crippen LogP contribution in [-0.4, -0.2) is 11.1 Å². The molecular formula is C17H12O3. The third kappa shape index (κ3) is 2.34. The molecule has 1 N–H and O–H groups in total. The molecule has 3 heteroatoms. The molecular weight excluding hydrogens is 252 g/mol. The molecule has 0 aromatic heterocycles. The van der Waals surface area contributed by atoms with Gasteiger partial charge in [0.2, 0.25) is 0 Å². The average Bonchev–Trinajstić information content (AvgIpc) is 2.48. The summed E-state index contributed by atoms with van der Waals surface area (Å²) in [7, 11) is 0. The van der Waals surface area contributed by atoms with Crippen molar-refractivity contribution < 1.29 is 14.6 Å². The number of benzene rings is 3. The summed E-state index contributed by atoms with van der Waals surface area (Å²) in [6.45, 7) is 0. The van der Waals surface area contributed by atoms with E-state index in [2.05, 4.69) is 0 Å². The van der Waals surface area contributed by atoms with Gasteiger partial charge in [0.25, 0.3) is 0 Å². The molecule has 0 bridgehead atoms. The van der Waals surface area contributed by atoms with E-state index in [1.165, 1.54) is 12.1 Å². The second-order valence-electron chi connectivity index (χ2n) is 4.41. The number of fused-ring (bicyclic) bond motifs is 1. The molecule has 0 atom stereocenters. The third-order valence-electron chi connectivity index (χ3n) is 3.06. The van der Waals surface area contributed by atoms with Crippen molar-refractivity contribution in [1.82, 2.24) is 0 Å². The van der Waals surface area contributed by atoms with E-state index < -0.39 is 5.97 Å². The standard InChI is InChI=1S/C17H12O3/c18-17(19)13-7-3-8-14(11-13)20-16-10-4-6-12-5-1-2-9-15(12)16/h1-11H,(H,18,19). The number of hydrogen-bond donors (Lipinski definition) is 1. The Hall–Kier alpha value is -2.81. The van der Waals surface area contributed by atoms with Gasteiger partial charge in [-0.25, -0.2) is 4.79 Å². The van der Waals surface area contributed by atoms with Crippen molar-refractivity contribution in [3.05, 3.63) is 72.3 Å². The topological polar surface area (TPSA) is 46.5 Å². The van der Waals surface area contributed by atoms with E-state index in [9.17, 15) is 4.79 Å². The van der Waals surface area contributed by atoms with Gasteiger partial charge in [-0.2, -0.15) is 0 Å². The summed E-state index contributed by atoms with van der Waals surface area (Å²) in [5.74, 6) is 0.264. The van der Waals surface area contributed by atoms with Gasteiger partial charge in [0.1, 0.15) is 11.5 Å². The van der Waals surface area contributed by atoms with Gasteiger partial charge >= 0.3 is 5.97 Å². The van der Waals surface area contributed by atoms with Crippen LogP contribution in [0.1, 0.15) is 10.4 Å². The van der Waals surface area contributed by atoms with Crippen molar-refractivity contribution in [2.45, 2.75) is 0 Å². The molecule has 0 aliphatic rings. The van der Waals surface area contributed by atoms with E-state index in [4.69, 9.17) is 9.84 Å². The van der Waals surface area contributed by atoms with Crippen molar-refractivity contribution in [1.29, 1.82) is 0 Å². The Morgan fingerprint density at radius 3 is 2.50 bits per heavy atom. The molecule has 98 valence electrons. The lowest BCUT2D eigenvalue weighted by Crippen LogP contribution is -1.96. The van der Waals surface area contributed by atoms with Crippen LogP contribution in [0.15, 0.2) is 66.7 Å². The maximum absolute atomic E-state index is 11.0. The maximum Gasteiger partial charge on any atom is 0.335 e. The molecule has 3 aromatic rings. The lowest BCUT2D eigenvalue weighted by molar-refractivity contribution is 0.0696. The summed E-state index contributed by atoms with van der Waals surface area (Å²) < 4.78 is 5.82. The molecule has 0 radical (unpaired) electrons. The number of carbonyl (C=O) groups is 1. The Bertz CT molecular complexity index is 773. The Balaban J connectivity index is 2.01. The van der Waals surface area contributed by atoms with Gasteiger partial charge in [-0.1, -0.05) is 42.5 Å². The molecule has 0 fully saturated rings. The largest absolute Gasteiger partial charge is 0.478 e. The van der Waals surface area contributed by atoms with E-state index in [1.807, 2.05) is 42.5 Å². The lowest BCUT2D eigenvalue weighted by atomic mass is 10.1. The van der Waals surface area contributed by atoms with Gasteiger partial charge < -0.3 is 9.84 Å². The zero-order valence-corrected chi connectivity index (χ0v) is 10.6. The molecule has 3 rings (SSSR count). The van der Waals surface area contributed by atoms with Crippen LogP contribution in [0.5, 0.6) is 11.5 Å². The summed E-state index contributed by atoms with van der Waals surface area (Å²) >= 11 is 0. The number of carboxylic acids is 1. The maximum atomic E-state index is 11.0. The first-order chi connectivity index (χ1) is 9.74. The molecule has 0 unspecified atom stereocenters. The summed E-state index contributed by atoms with van der Waals surface area (Å²) in [6.07, 6.45) is 0. The Labute approximate surface area is 116 Å². The number of hydrogen-bond acceptors (Lipinski definition) is 2. The second kappa shape index (κ2) is 5.05. The highest BCUT2D eigenvalue weighted by molar-refractivity contribution is 5.89. The van der Waals surface area contributed by atoms with Gasteiger partial charge in [0, 0.05) is 5.39 Å². The highest BCUT2D eigenvalue weighted by Crippen LogP contribution is 2.30. The van der Waals surface area contributed by atoms with E-state index in [0.717, 1.165) is 10.8 Å². The van der Waals surface area contributed by atoms with Gasteiger partial charge in [-0.05, 0) is 29.7 Å². The quantitative estimate of drug-likeness (QED) is 0.765. The number of rotatable bonds is 3. The minimum Gasteiger partial charge on any atom is -0.478 e. The van der Waals surface area contributed by atoms with Gasteiger partial charge in [0.05, 0.1) is 5.56 Å². The van der Waals surface area contributed by atoms with Crippen LogP contribution in [0.4, 0.5) is 0 Å². The SMILES string of the molecule is O=C(O)c1cccc(Oc2cccc3ccccc23)c1. The minimum absolute atomic E-state index is 0.211. The molecule has 20 heavy (non-hydrogen) atoms. The van der Waals surface area contributed by atoms with Crippen LogP contribution >= 0.6 is 0 Å². The molecule has 0 saturated heterocycles. The van der Waals surface area contributed by atoms with Crippen molar-refractivity contribution in [2.75, 3.05) is 0 Å². The second-order valence-corrected chi connectivity index (χ2v) is 4.41. The van der Waals surface area contributed by atoms with Crippen LogP contribution in [0, 0.1) is 0 Å². The van der Waals surface area contributed by atoms with E-state index in [-0.39, 0.29) is 5.56 Å². The van der Waals surface area contributed by atoms with Gasteiger partial charge in [-0.15, -0.1) is 0 Å². The Morgan fingerprint density at radius 2 is 1.65 bits per heavy atom. The summed E-state index contributed by atoms with van der Waals surface area (Å²) in [4.78, 5) is 11.0. The van der Waals surface area contributed by atoms with E-state index in [1.54, 1.807) is 12.1 Å². The summed E-state index contributed by atoms with van der Waals surface area (Å²) in [5, 5.41) is 11.1. The molecule has 3 nitrogen and oxygen atoms in total. The first-order valence-electron chi connectivity index (χ1n) is 6.23. The van der Waals surface area contributed by atoms with Crippen LogP contribution in [0.2, 0.25) is 0 Å². The highest BCUT2D eigenvalue weighted by atomic mass is 16.5. The van der Waals surface area contributed by atoms with Crippen molar-refractivity contribution >= 4 is 16.7 Å². The zero-order chi connectivity index (χ0) is 13.9. The van der Waals surface area contributed by atoms with Crippen molar-refractivity contribution in [3.63, 3.8) is 0 Å². The molecule has 0 aliphatic heterocycles. The minimum atomic E-state index is -0.964. The highest BCUT2D eigenvalue weighted by Gasteiger charge is 2.06. The monoisotopic (exact) mass is 264 g/mol. The van der Waals surface area contributed by atoms with Crippen molar-refractivity contribution in [3.8, 4) is 11.5 Å². The van der Waals surface area contributed by atoms with Crippen LogP contribution in [0.3, 0.4) is 0 Å². The fraction of sp³-hybridized carbons (Fsp3) is 0. The Kier molecular flexibility index (Phi) is 3.09. The van der Waals surface area contributed by atoms with E-state index in [0.29, 0.717) is 11.5 Å². The third-order valence-corrected chi connectivity index (χ3v) is 3.06. The normalized spacial score (nSPS) is 10.4. The fourth-order valence-electron chi connectivity index (χ4n) is 2.10. The molecule has 0 heterocycles. The van der Waals surface area contributed by atoms with Crippen LogP contribution in [0.25, 0.3) is 10.8 Å². The number of carboxylic acid groups (broad SMARTS) is 1. The van der Waals surface area contributed by atoms with Crippen LogP contribution < -0.4 is 4.74 Å². The lowest BCUT2D eigenvalue weighted by Gasteiger charge is -2.09. The van der Waals surface area contributed by atoms with Crippen molar-refractivity contribution in [2.24, 2.45) is 0 Å². The average molecular weight is 264 g/mol. The molecule has 0 spiro atoms. The van der Waals surface area contributed by atoms with Crippen LogP contribution in [-0.2, 0) is 0 Å². The molecule has 0 aliphatic carbocycles. The summed E-state index contributed by atoms with van der Waals surface area (Å²) in [5.41, 5.74) is 0.211. The number of aromatic carboxylic acids is 1. The smallest absolute Gasteiger partial charge is 0.335 e. The fourth-order valence-corrected chi connectivity index (χ4v) is 2.10. The first kappa shape index (κ1) is 12.2. The van der Waals surface area contributed by atoms with Gasteiger partial charge in [-0.3, -0.25) is 0 Å². The van der Waals surface area contributed by atoms with Gasteiger partial charge in [0.15, 0.2) is 0 Å². The summed E-state index contributed by atoms with van der Waals surface area (Å²) in [6, 6.07) is 20.2. The molecule has 0 saturated carbocycles. The molecule has 3 aromatic carbocycles. The first-order valence-corrected chi connectivity index (χ1v) is 6.23.